The van der Waals surface area contributed by atoms with E-state index in [4.69, 9.17) is 5.11 Å². The van der Waals surface area contributed by atoms with Gasteiger partial charge < -0.3 is 10.2 Å². The van der Waals surface area contributed by atoms with Crippen LogP contribution in [0.25, 0.3) is 0 Å². The van der Waals surface area contributed by atoms with Gasteiger partial charge in [0.05, 0.1) is 6.10 Å². The van der Waals surface area contributed by atoms with Crippen molar-refractivity contribution in [2.45, 2.75) is 96.5 Å². The number of hydrogen-bond acceptors (Lipinski definition) is 2. The largest absolute Gasteiger partial charge is 0.481 e. The van der Waals surface area contributed by atoms with Gasteiger partial charge in [-0.25, -0.2) is 0 Å². The van der Waals surface area contributed by atoms with E-state index in [0.717, 1.165) is 70.6 Å². The van der Waals surface area contributed by atoms with Crippen LogP contribution >= 0.6 is 0 Å². The first kappa shape index (κ1) is 28.9. The summed E-state index contributed by atoms with van der Waals surface area (Å²) < 4.78 is 0. The Morgan fingerprint density at radius 3 is 1.55 bits per heavy atom. The Morgan fingerprint density at radius 1 is 0.645 bits per heavy atom. The first-order chi connectivity index (χ1) is 15.2. The van der Waals surface area contributed by atoms with Crippen LogP contribution in [0.3, 0.4) is 0 Å². The van der Waals surface area contributed by atoms with E-state index in [1.165, 1.54) is 0 Å². The number of allylic oxidation sites excluding steroid dienone is 12. The number of carbonyl (C=O) groups is 1. The minimum Gasteiger partial charge on any atom is -0.481 e. The molecule has 0 aliphatic rings. The van der Waals surface area contributed by atoms with Crippen molar-refractivity contribution >= 4 is 5.97 Å². The fraction of sp³-hybridized carbons (Fsp3) is 0.536. The molecule has 0 amide bonds. The van der Waals surface area contributed by atoms with Crippen LogP contribution in [0, 0.1) is 0 Å². The van der Waals surface area contributed by atoms with Crippen LogP contribution in [0.15, 0.2) is 72.9 Å². The zero-order chi connectivity index (χ0) is 22.8. The van der Waals surface area contributed by atoms with E-state index in [0.29, 0.717) is 6.42 Å². The summed E-state index contributed by atoms with van der Waals surface area (Å²) in [4.78, 5) is 10.4. The van der Waals surface area contributed by atoms with Crippen LogP contribution in [0.4, 0.5) is 0 Å². The zero-order valence-electron chi connectivity index (χ0n) is 19.5. The van der Waals surface area contributed by atoms with Gasteiger partial charge in [0.2, 0.25) is 0 Å². The van der Waals surface area contributed by atoms with Gasteiger partial charge in [0, 0.05) is 6.42 Å². The third kappa shape index (κ3) is 25.8. The van der Waals surface area contributed by atoms with Gasteiger partial charge in [0.1, 0.15) is 0 Å². The second kappa shape index (κ2) is 24.1. The molecule has 0 aromatic carbocycles. The summed E-state index contributed by atoms with van der Waals surface area (Å²) in [6, 6.07) is 0. The Balaban J connectivity index is 3.54. The lowest BCUT2D eigenvalue weighted by Gasteiger charge is -2.08. The molecule has 0 radical (unpaired) electrons. The fourth-order valence-corrected chi connectivity index (χ4v) is 2.91. The molecule has 2 N–H and O–H groups in total. The first-order valence-electron chi connectivity index (χ1n) is 12.0. The van der Waals surface area contributed by atoms with E-state index < -0.39 is 5.97 Å². The molecule has 0 saturated carbocycles. The smallest absolute Gasteiger partial charge is 0.303 e. The first-order valence-corrected chi connectivity index (χ1v) is 12.0. The average molecular weight is 429 g/mol. The molecule has 0 rings (SSSR count). The molecule has 0 saturated heterocycles. The lowest BCUT2D eigenvalue weighted by molar-refractivity contribution is -0.137. The normalized spacial score (nSPS) is 13.9. The van der Waals surface area contributed by atoms with Crippen LogP contribution in [-0.4, -0.2) is 22.3 Å². The van der Waals surface area contributed by atoms with Crippen molar-refractivity contribution in [1.82, 2.24) is 0 Å². The van der Waals surface area contributed by atoms with Gasteiger partial charge in [-0.05, 0) is 64.2 Å². The van der Waals surface area contributed by atoms with Crippen LogP contribution in [-0.2, 0) is 4.79 Å². The third-order valence-corrected chi connectivity index (χ3v) is 4.69. The molecule has 0 spiro atoms. The molecule has 174 valence electrons. The number of rotatable bonds is 20. The van der Waals surface area contributed by atoms with Gasteiger partial charge in [0.25, 0.3) is 0 Å². The maximum Gasteiger partial charge on any atom is 0.303 e. The Bertz CT molecular complexity index is 579. The second-order valence-corrected chi connectivity index (χ2v) is 7.64. The zero-order valence-corrected chi connectivity index (χ0v) is 19.5. The van der Waals surface area contributed by atoms with Gasteiger partial charge in [0.15, 0.2) is 0 Å². The highest BCUT2D eigenvalue weighted by molar-refractivity contribution is 5.66. The molecule has 0 aliphatic heterocycles. The molecule has 0 aromatic rings. The standard InChI is InChI=1S/C28H44O3/c1-2-3-4-5-6-7-8-9-10-11-12-13-14-15-16-17-18-19-21-24-27(29)25-22-20-23-26-28(30)31/h3-4,6-7,9-10,12-13,15-16,18-19,27,29H,2,5,8,11,14,17,20-26H2,1H3,(H,30,31). The predicted molar refractivity (Wildman–Crippen MR) is 134 cm³/mol. The van der Waals surface area contributed by atoms with Crippen molar-refractivity contribution in [2.75, 3.05) is 0 Å². The van der Waals surface area contributed by atoms with Gasteiger partial charge in [-0.15, -0.1) is 0 Å². The highest BCUT2D eigenvalue weighted by Gasteiger charge is 2.03. The molecule has 0 heterocycles. The Morgan fingerprint density at radius 2 is 1.10 bits per heavy atom. The number of aliphatic hydroxyl groups excluding tert-OH is 1. The summed E-state index contributed by atoms with van der Waals surface area (Å²) >= 11 is 0. The topological polar surface area (TPSA) is 57.5 Å². The third-order valence-electron chi connectivity index (χ3n) is 4.69. The molecule has 3 nitrogen and oxygen atoms in total. The van der Waals surface area contributed by atoms with Crippen molar-refractivity contribution in [1.29, 1.82) is 0 Å². The van der Waals surface area contributed by atoms with E-state index >= 15 is 0 Å². The SMILES string of the molecule is CCC=CCC=CCC=CCC=CCC=CCC=CCCC(O)CCCCCC(=O)O. The molecular formula is C28H44O3. The summed E-state index contributed by atoms with van der Waals surface area (Å²) in [5, 5.41) is 18.5. The Labute approximate surface area is 190 Å². The number of carboxylic acids is 1. The quantitative estimate of drug-likeness (QED) is 0.153. The minimum atomic E-state index is -0.738. The van der Waals surface area contributed by atoms with Crippen LogP contribution < -0.4 is 0 Å². The van der Waals surface area contributed by atoms with Gasteiger partial charge in [-0.1, -0.05) is 92.7 Å². The number of aliphatic carboxylic acids is 1. The average Bonchev–Trinajstić information content (AvgIpc) is 2.75. The summed E-state index contributed by atoms with van der Waals surface area (Å²) in [5.74, 6) is -0.738. The lowest BCUT2D eigenvalue weighted by Crippen LogP contribution is -2.05. The molecular weight excluding hydrogens is 384 g/mol. The number of aliphatic hydroxyl groups is 1. The second-order valence-electron chi connectivity index (χ2n) is 7.64. The molecule has 31 heavy (non-hydrogen) atoms. The molecule has 0 bridgehead atoms. The molecule has 1 unspecified atom stereocenters. The van der Waals surface area contributed by atoms with Crippen molar-refractivity contribution in [3.8, 4) is 0 Å². The number of carboxylic acid groups (broad SMARTS) is 1. The van der Waals surface area contributed by atoms with Crippen molar-refractivity contribution in [3.05, 3.63) is 72.9 Å². The Kier molecular flexibility index (Phi) is 22.5. The predicted octanol–water partition coefficient (Wildman–Crippen LogP) is 7.86. The van der Waals surface area contributed by atoms with Crippen LogP contribution in [0.5, 0.6) is 0 Å². The monoisotopic (exact) mass is 428 g/mol. The lowest BCUT2D eigenvalue weighted by atomic mass is 10.1. The maximum atomic E-state index is 10.4. The van der Waals surface area contributed by atoms with Gasteiger partial charge >= 0.3 is 5.97 Å². The van der Waals surface area contributed by atoms with Crippen molar-refractivity contribution < 1.29 is 15.0 Å². The Hall–Kier alpha value is -2.13. The highest BCUT2D eigenvalue weighted by Crippen LogP contribution is 2.10. The summed E-state index contributed by atoms with van der Waals surface area (Å²) in [7, 11) is 0. The molecule has 3 heteroatoms. The van der Waals surface area contributed by atoms with E-state index in [2.05, 4.69) is 79.8 Å². The maximum absolute atomic E-state index is 10.4. The summed E-state index contributed by atoms with van der Waals surface area (Å²) in [6.45, 7) is 2.15. The van der Waals surface area contributed by atoms with Crippen molar-refractivity contribution in [3.63, 3.8) is 0 Å². The molecule has 0 fully saturated rings. The summed E-state index contributed by atoms with van der Waals surface area (Å²) in [5.41, 5.74) is 0. The molecule has 0 aliphatic carbocycles. The minimum absolute atomic E-state index is 0.231. The van der Waals surface area contributed by atoms with Crippen LogP contribution in [0.2, 0.25) is 0 Å². The fourth-order valence-electron chi connectivity index (χ4n) is 2.91. The van der Waals surface area contributed by atoms with Gasteiger partial charge in [-0.2, -0.15) is 0 Å². The van der Waals surface area contributed by atoms with E-state index in [1.54, 1.807) is 0 Å². The van der Waals surface area contributed by atoms with Crippen molar-refractivity contribution in [2.24, 2.45) is 0 Å². The van der Waals surface area contributed by atoms with E-state index in [9.17, 15) is 9.90 Å². The highest BCUT2D eigenvalue weighted by atomic mass is 16.4. The summed E-state index contributed by atoms with van der Waals surface area (Å²) in [6.07, 6.45) is 37.2. The van der Waals surface area contributed by atoms with E-state index in [-0.39, 0.29) is 12.5 Å². The molecule has 0 aromatic heterocycles. The van der Waals surface area contributed by atoms with Crippen LogP contribution in [0.1, 0.15) is 90.4 Å². The number of unbranched alkanes of at least 4 members (excludes halogenated alkanes) is 2. The number of hydrogen-bond donors (Lipinski definition) is 2. The molecule has 1 atom stereocenters. The van der Waals surface area contributed by atoms with Gasteiger partial charge in [-0.3, -0.25) is 4.79 Å². The van der Waals surface area contributed by atoms with E-state index in [1.807, 2.05) is 0 Å².